The Kier molecular flexibility index (Phi) is 5.38. The summed E-state index contributed by atoms with van der Waals surface area (Å²) < 4.78 is 3.42. The SMILES string of the molecule is Cc1cnc(C(=O)Nc2cccc(-c3nnnn3C(C)CO)n2)cc1-n1cnc(C2CC2)c1. The van der Waals surface area contributed by atoms with Crippen LogP contribution in [0.25, 0.3) is 17.2 Å². The van der Waals surface area contributed by atoms with Crippen LogP contribution in [-0.4, -0.2) is 57.3 Å². The summed E-state index contributed by atoms with van der Waals surface area (Å²) in [7, 11) is 0. The highest BCUT2D eigenvalue weighted by molar-refractivity contribution is 6.02. The normalized spacial score (nSPS) is 14.3. The molecule has 4 aromatic rings. The van der Waals surface area contributed by atoms with Gasteiger partial charge in [0.15, 0.2) is 0 Å². The number of aliphatic hydroxyl groups is 1. The van der Waals surface area contributed by atoms with Crippen molar-refractivity contribution in [1.29, 1.82) is 0 Å². The highest BCUT2D eigenvalue weighted by Crippen LogP contribution is 2.39. The van der Waals surface area contributed by atoms with Crippen LogP contribution in [0.4, 0.5) is 5.82 Å². The van der Waals surface area contributed by atoms with Gasteiger partial charge in [0.2, 0.25) is 5.82 Å². The van der Waals surface area contributed by atoms with E-state index in [1.54, 1.807) is 43.7 Å². The number of nitrogens with zero attached hydrogens (tertiary/aromatic N) is 8. The van der Waals surface area contributed by atoms with Gasteiger partial charge in [0, 0.05) is 18.3 Å². The Morgan fingerprint density at radius 3 is 2.94 bits per heavy atom. The van der Waals surface area contributed by atoms with Gasteiger partial charge >= 0.3 is 0 Å². The number of anilines is 1. The number of rotatable bonds is 7. The molecule has 11 nitrogen and oxygen atoms in total. The molecule has 4 heterocycles. The number of hydrogen-bond acceptors (Lipinski definition) is 8. The molecule has 0 bridgehead atoms. The number of aliphatic hydroxyl groups excluding tert-OH is 1. The van der Waals surface area contributed by atoms with E-state index in [-0.39, 0.29) is 24.2 Å². The van der Waals surface area contributed by atoms with Crippen LogP contribution in [0.2, 0.25) is 0 Å². The van der Waals surface area contributed by atoms with Gasteiger partial charge in [0.1, 0.15) is 17.2 Å². The largest absolute Gasteiger partial charge is 0.394 e. The Bertz CT molecular complexity index is 1310. The number of tetrazole rings is 1. The average molecular weight is 445 g/mol. The number of pyridine rings is 2. The molecule has 0 aromatic carbocycles. The molecule has 1 saturated carbocycles. The first kappa shape index (κ1) is 20.9. The first-order valence-corrected chi connectivity index (χ1v) is 10.7. The van der Waals surface area contributed by atoms with E-state index in [9.17, 15) is 9.90 Å². The number of hydrogen-bond donors (Lipinski definition) is 2. The van der Waals surface area contributed by atoms with Crippen LogP contribution in [-0.2, 0) is 0 Å². The summed E-state index contributed by atoms with van der Waals surface area (Å²) in [5, 5.41) is 23.8. The van der Waals surface area contributed by atoms with Gasteiger partial charge in [-0.1, -0.05) is 6.07 Å². The van der Waals surface area contributed by atoms with Crippen LogP contribution in [0.5, 0.6) is 0 Å². The molecule has 1 amide bonds. The zero-order chi connectivity index (χ0) is 22.9. The molecular formula is C22H23N9O2. The summed E-state index contributed by atoms with van der Waals surface area (Å²) >= 11 is 0. The molecule has 0 aliphatic heterocycles. The minimum absolute atomic E-state index is 0.116. The van der Waals surface area contributed by atoms with Gasteiger partial charge in [-0.25, -0.2) is 14.6 Å². The van der Waals surface area contributed by atoms with E-state index < -0.39 is 0 Å². The second kappa shape index (κ2) is 8.51. The van der Waals surface area contributed by atoms with Gasteiger partial charge in [-0.2, -0.15) is 0 Å². The first-order valence-electron chi connectivity index (χ1n) is 10.7. The van der Waals surface area contributed by atoms with Crippen molar-refractivity contribution in [3.63, 3.8) is 0 Å². The fourth-order valence-corrected chi connectivity index (χ4v) is 3.52. The lowest BCUT2D eigenvalue weighted by Gasteiger charge is -2.11. The third-order valence-corrected chi connectivity index (χ3v) is 5.58. The average Bonchev–Trinajstić information content (AvgIpc) is 3.35. The molecule has 33 heavy (non-hydrogen) atoms. The molecule has 4 aromatic heterocycles. The lowest BCUT2D eigenvalue weighted by molar-refractivity contribution is 0.102. The number of carbonyl (C=O) groups excluding carboxylic acids is 1. The quantitative estimate of drug-likeness (QED) is 0.442. The topological polar surface area (TPSA) is 137 Å². The van der Waals surface area contributed by atoms with Crippen LogP contribution in [0.1, 0.15) is 53.5 Å². The summed E-state index contributed by atoms with van der Waals surface area (Å²) in [5.74, 6) is 0.906. The zero-order valence-electron chi connectivity index (χ0n) is 18.3. The van der Waals surface area contributed by atoms with Crippen molar-refractivity contribution < 1.29 is 9.90 Å². The molecule has 5 rings (SSSR count). The smallest absolute Gasteiger partial charge is 0.275 e. The molecular weight excluding hydrogens is 422 g/mol. The van der Waals surface area contributed by atoms with Crippen molar-refractivity contribution in [3.8, 4) is 17.2 Å². The molecule has 1 atom stereocenters. The highest BCUT2D eigenvalue weighted by atomic mass is 16.3. The van der Waals surface area contributed by atoms with E-state index >= 15 is 0 Å². The molecule has 1 aliphatic rings. The summed E-state index contributed by atoms with van der Waals surface area (Å²) in [6.07, 6.45) is 7.83. The zero-order valence-corrected chi connectivity index (χ0v) is 18.3. The standard InChI is InChI=1S/C22H23N9O2/c1-13-9-23-17(8-19(13)30-10-18(24-12-30)15-6-7-15)22(33)26-20-5-3-4-16(25-20)21-27-28-29-31(21)14(2)11-32/h3-5,8-10,12,14-15,32H,6-7,11H2,1-2H3,(H,25,26,33). The first-order chi connectivity index (χ1) is 16.0. The van der Waals surface area contributed by atoms with Crippen molar-refractivity contribution in [2.45, 2.75) is 38.6 Å². The number of imidazole rings is 1. The molecule has 1 fully saturated rings. The maximum absolute atomic E-state index is 12.9. The van der Waals surface area contributed by atoms with Gasteiger partial charge in [-0.15, -0.1) is 5.10 Å². The second-order valence-corrected chi connectivity index (χ2v) is 8.18. The maximum Gasteiger partial charge on any atom is 0.275 e. The molecule has 1 unspecified atom stereocenters. The Morgan fingerprint density at radius 2 is 2.15 bits per heavy atom. The molecule has 11 heteroatoms. The van der Waals surface area contributed by atoms with Crippen molar-refractivity contribution in [2.24, 2.45) is 0 Å². The summed E-state index contributed by atoms with van der Waals surface area (Å²) in [5.41, 5.74) is 3.62. The fourth-order valence-electron chi connectivity index (χ4n) is 3.52. The van der Waals surface area contributed by atoms with Crippen molar-refractivity contribution >= 4 is 11.7 Å². The maximum atomic E-state index is 12.9. The van der Waals surface area contributed by atoms with Crippen LogP contribution >= 0.6 is 0 Å². The summed E-state index contributed by atoms with van der Waals surface area (Å²) in [6.45, 7) is 3.62. The number of carbonyl (C=O) groups is 1. The Balaban J connectivity index is 1.38. The van der Waals surface area contributed by atoms with E-state index in [1.807, 2.05) is 17.7 Å². The van der Waals surface area contributed by atoms with Crippen molar-refractivity contribution in [1.82, 2.24) is 39.7 Å². The number of aryl methyl sites for hydroxylation is 1. The molecule has 0 spiro atoms. The van der Waals surface area contributed by atoms with E-state index in [4.69, 9.17) is 0 Å². The van der Waals surface area contributed by atoms with Crippen LogP contribution in [0.3, 0.4) is 0 Å². The Morgan fingerprint density at radius 1 is 1.30 bits per heavy atom. The van der Waals surface area contributed by atoms with Gasteiger partial charge < -0.3 is 15.0 Å². The number of amides is 1. The minimum Gasteiger partial charge on any atom is -0.394 e. The van der Waals surface area contributed by atoms with Crippen LogP contribution in [0, 0.1) is 6.92 Å². The monoisotopic (exact) mass is 445 g/mol. The molecule has 2 N–H and O–H groups in total. The molecule has 168 valence electrons. The van der Waals surface area contributed by atoms with Crippen LogP contribution in [0.15, 0.2) is 43.0 Å². The van der Waals surface area contributed by atoms with E-state index in [2.05, 4.69) is 35.8 Å². The number of aromatic nitrogens is 8. The third-order valence-electron chi connectivity index (χ3n) is 5.58. The molecule has 0 saturated heterocycles. The minimum atomic E-state index is -0.383. The van der Waals surface area contributed by atoms with Crippen molar-refractivity contribution in [3.05, 3.63) is 59.9 Å². The van der Waals surface area contributed by atoms with E-state index in [0.29, 0.717) is 23.3 Å². The summed E-state index contributed by atoms with van der Waals surface area (Å²) in [6, 6.07) is 6.60. The second-order valence-electron chi connectivity index (χ2n) is 8.18. The fraction of sp³-hybridized carbons (Fsp3) is 0.318. The lowest BCUT2D eigenvalue weighted by atomic mass is 10.2. The van der Waals surface area contributed by atoms with Gasteiger partial charge in [0.05, 0.1) is 30.4 Å². The van der Waals surface area contributed by atoms with E-state index in [0.717, 1.165) is 16.9 Å². The third kappa shape index (κ3) is 4.22. The summed E-state index contributed by atoms with van der Waals surface area (Å²) in [4.78, 5) is 26.2. The van der Waals surface area contributed by atoms with Crippen LogP contribution < -0.4 is 5.32 Å². The van der Waals surface area contributed by atoms with Gasteiger partial charge in [-0.3, -0.25) is 9.78 Å². The van der Waals surface area contributed by atoms with Gasteiger partial charge in [-0.05, 0) is 60.9 Å². The Labute approximate surface area is 189 Å². The molecule has 0 radical (unpaired) electrons. The lowest BCUT2D eigenvalue weighted by Crippen LogP contribution is -2.16. The predicted molar refractivity (Wildman–Crippen MR) is 119 cm³/mol. The number of nitrogens with one attached hydrogen (secondary N) is 1. The predicted octanol–water partition coefficient (Wildman–Crippen LogP) is 2.31. The van der Waals surface area contributed by atoms with E-state index in [1.165, 1.54) is 17.5 Å². The molecule has 1 aliphatic carbocycles. The van der Waals surface area contributed by atoms with Gasteiger partial charge in [0.25, 0.3) is 5.91 Å². The Hall–Kier alpha value is -3.99. The highest BCUT2D eigenvalue weighted by Gasteiger charge is 2.26. The van der Waals surface area contributed by atoms with Crippen molar-refractivity contribution in [2.75, 3.05) is 11.9 Å².